The van der Waals surface area contributed by atoms with Gasteiger partial charge in [-0.15, -0.1) is 0 Å². The maximum absolute atomic E-state index is 10.7. The lowest BCUT2D eigenvalue weighted by Gasteiger charge is -2.13. The first-order valence-corrected chi connectivity index (χ1v) is 2.96. The number of nitrogens with zero attached hydrogens (tertiary/aromatic N) is 1. The van der Waals surface area contributed by atoms with Gasteiger partial charge in [-0.25, -0.2) is 4.79 Å². The summed E-state index contributed by atoms with van der Waals surface area (Å²) < 4.78 is 4.52. The Morgan fingerprint density at radius 2 is 2.45 bits per heavy atom. The molecule has 1 fully saturated rings. The molecule has 0 saturated carbocycles. The Morgan fingerprint density at radius 1 is 1.73 bits per heavy atom. The third kappa shape index (κ3) is 1.92. The number of hydrogen-bond donors (Lipinski definition) is 1. The van der Waals surface area contributed by atoms with E-state index in [9.17, 15) is 14.9 Å². The van der Waals surface area contributed by atoms with Crippen LogP contribution in [-0.4, -0.2) is 24.0 Å². The molecule has 0 radical (unpaired) electrons. The van der Waals surface area contributed by atoms with E-state index in [0.29, 0.717) is 12.7 Å². The number of nitro groups is 1. The van der Waals surface area contributed by atoms with Crippen molar-refractivity contribution in [2.75, 3.05) is 13.2 Å². The Kier molecular flexibility index (Phi) is 2.05. The Bertz CT molecular complexity index is 223. The third-order valence-electron chi connectivity index (χ3n) is 1.11. The fraction of sp³-hybridized carbons (Fsp3) is 0.400. The molecule has 0 aliphatic carbocycles. The van der Waals surface area contributed by atoms with Gasteiger partial charge in [0.25, 0.3) is 6.20 Å². The molecule has 0 amide bonds. The van der Waals surface area contributed by atoms with Gasteiger partial charge in [0, 0.05) is 6.54 Å². The van der Waals surface area contributed by atoms with Gasteiger partial charge in [0.1, 0.15) is 6.61 Å². The van der Waals surface area contributed by atoms with Crippen molar-refractivity contribution < 1.29 is 14.5 Å². The van der Waals surface area contributed by atoms with Crippen LogP contribution in [0.4, 0.5) is 0 Å². The SMILES string of the molecule is O=C1OCCN/C1=C\[N+](=O)[O-]. The molecule has 0 aromatic rings. The Balaban J connectivity index is 2.68. The molecule has 1 rings (SSSR count). The zero-order chi connectivity index (χ0) is 8.27. The van der Waals surface area contributed by atoms with Gasteiger partial charge in [-0.05, 0) is 0 Å². The molecule has 1 aliphatic rings. The van der Waals surface area contributed by atoms with E-state index in [-0.39, 0.29) is 12.3 Å². The molecular formula is C5H6N2O4. The summed E-state index contributed by atoms with van der Waals surface area (Å²) >= 11 is 0. The fourth-order valence-electron chi connectivity index (χ4n) is 0.683. The molecule has 6 nitrogen and oxygen atoms in total. The average Bonchev–Trinajstić information content (AvgIpc) is 1.93. The zero-order valence-electron chi connectivity index (χ0n) is 5.57. The molecule has 1 aliphatic heterocycles. The summed E-state index contributed by atoms with van der Waals surface area (Å²) in [7, 11) is 0. The van der Waals surface area contributed by atoms with Crippen LogP contribution in [-0.2, 0) is 9.53 Å². The molecule has 0 bridgehead atoms. The molecule has 0 aromatic carbocycles. The van der Waals surface area contributed by atoms with Crippen LogP contribution in [0, 0.1) is 10.1 Å². The van der Waals surface area contributed by atoms with Gasteiger partial charge in [-0.3, -0.25) is 10.1 Å². The zero-order valence-corrected chi connectivity index (χ0v) is 5.57. The monoisotopic (exact) mass is 158 g/mol. The number of carbonyl (C=O) groups excluding carboxylic acids is 1. The summed E-state index contributed by atoms with van der Waals surface area (Å²) in [4.78, 5) is 19.9. The molecule has 6 heteroatoms. The quantitative estimate of drug-likeness (QED) is 0.235. The van der Waals surface area contributed by atoms with E-state index in [1.807, 2.05) is 0 Å². The summed E-state index contributed by atoms with van der Waals surface area (Å²) in [6.07, 6.45) is 0.599. The van der Waals surface area contributed by atoms with Crippen molar-refractivity contribution in [3.8, 4) is 0 Å². The average molecular weight is 158 g/mol. The highest BCUT2D eigenvalue weighted by molar-refractivity contribution is 5.87. The number of morpholine rings is 1. The van der Waals surface area contributed by atoms with Gasteiger partial charge in [0.05, 0.1) is 4.92 Å². The molecule has 60 valence electrons. The highest BCUT2D eigenvalue weighted by atomic mass is 16.6. The van der Waals surface area contributed by atoms with Crippen molar-refractivity contribution in [1.82, 2.24) is 5.32 Å². The number of carbonyl (C=O) groups is 1. The minimum Gasteiger partial charge on any atom is -0.459 e. The van der Waals surface area contributed by atoms with E-state index in [1.165, 1.54) is 0 Å². The van der Waals surface area contributed by atoms with Crippen LogP contribution >= 0.6 is 0 Å². The van der Waals surface area contributed by atoms with Gasteiger partial charge in [-0.1, -0.05) is 0 Å². The summed E-state index contributed by atoms with van der Waals surface area (Å²) in [6.45, 7) is 0.680. The van der Waals surface area contributed by atoms with E-state index in [2.05, 4.69) is 10.1 Å². The van der Waals surface area contributed by atoms with E-state index < -0.39 is 10.9 Å². The second kappa shape index (κ2) is 3.00. The van der Waals surface area contributed by atoms with Gasteiger partial charge in [0.2, 0.25) is 0 Å². The van der Waals surface area contributed by atoms with Crippen molar-refractivity contribution in [2.45, 2.75) is 0 Å². The van der Waals surface area contributed by atoms with E-state index >= 15 is 0 Å². The van der Waals surface area contributed by atoms with Crippen molar-refractivity contribution >= 4 is 5.97 Å². The second-order valence-corrected chi connectivity index (χ2v) is 1.89. The predicted octanol–water partition coefficient (Wildman–Crippen LogP) is -0.749. The maximum atomic E-state index is 10.7. The highest BCUT2D eigenvalue weighted by Crippen LogP contribution is 1.98. The maximum Gasteiger partial charge on any atom is 0.360 e. The van der Waals surface area contributed by atoms with Crippen molar-refractivity contribution in [2.24, 2.45) is 0 Å². The van der Waals surface area contributed by atoms with E-state index in [4.69, 9.17) is 0 Å². The molecule has 0 unspecified atom stereocenters. The molecule has 0 spiro atoms. The molecule has 1 heterocycles. The normalized spacial score (nSPS) is 20.7. The minimum absolute atomic E-state index is 0.0961. The van der Waals surface area contributed by atoms with Crippen LogP contribution in [0.5, 0.6) is 0 Å². The number of esters is 1. The van der Waals surface area contributed by atoms with E-state index in [0.717, 1.165) is 0 Å². The van der Waals surface area contributed by atoms with Crippen LogP contribution in [0.15, 0.2) is 11.9 Å². The lowest BCUT2D eigenvalue weighted by Crippen LogP contribution is -2.33. The van der Waals surface area contributed by atoms with E-state index in [1.54, 1.807) is 0 Å². The Labute approximate surface area is 62.0 Å². The largest absolute Gasteiger partial charge is 0.459 e. The number of rotatable bonds is 1. The smallest absolute Gasteiger partial charge is 0.360 e. The third-order valence-corrected chi connectivity index (χ3v) is 1.11. The summed E-state index contributed by atoms with van der Waals surface area (Å²) in [5.74, 6) is -0.673. The molecule has 1 saturated heterocycles. The van der Waals surface area contributed by atoms with Crippen LogP contribution < -0.4 is 5.32 Å². The van der Waals surface area contributed by atoms with Gasteiger partial charge < -0.3 is 10.1 Å². The van der Waals surface area contributed by atoms with Crippen molar-refractivity contribution in [1.29, 1.82) is 0 Å². The molecule has 0 aromatic heterocycles. The summed E-state index contributed by atoms with van der Waals surface area (Å²) in [5, 5.41) is 12.4. The van der Waals surface area contributed by atoms with Crippen LogP contribution in [0.1, 0.15) is 0 Å². The number of cyclic esters (lactones) is 1. The Morgan fingerprint density at radius 3 is 3.00 bits per heavy atom. The molecule has 1 N–H and O–H groups in total. The lowest BCUT2D eigenvalue weighted by atomic mass is 10.4. The molecule has 0 atom stereocenters. The number of ether oxygens (including phenoxy) is 1. The molecule has 11 heavy (non-hydrogen) atoms. The second-order valence-electron chi connectivity index (χ2n) is 1.89. The first-order chi connectivity index (χ1) is 5.20. The predicted molar refractivity (Wildman–Crippen MR) is 34.0 cm³/mol. The van der Waals surface area contributed by atoms with Crippen LogP contribution in [0.3, 0.4) is 0 Å². The lowest BCUT2D eigenvalue weighted by molar-refractivity contribution is -0.403. The van der Waals surface area contributed by atoms with Gasteiger partial charge in [0.15, 0.2) is 5.70 Å². The first kappa shape index (κ1) is 7.52. The minimum atomic E-state index is -0.699. The van der Waals surface area contributed by atoms with Crippen molar-refractivity contribution in [3.63, 3.8) is 0 Å². The molecular weight excluding hydrogens is 152 g/mol. The fourth-order valence-corrected chi connectivity index (χ4v) is 0.683. The topological polar surface area (TPSA) is 81.5 Å². The summed E-state index contributed by atoms with van der Waals surface area (Å²) in [6, 6.07) is 0. The highest BCUT2D eigenvalue weighted by Gasteiger charge is 2.18. The van der Waals surface area contributed by atoms with Gasteiger partial charge in [-0.2, -0.15) is 0 Å². The van der Waals surface area contributed by atoms with Gasteiger partial charge >= 0.3 is 5.97 Å². The number of nitrogens with one attached hydrogen (secondary N) is 1. The van der Waals surface area contributed by atoms with Crippen molar-refractivity contribution in [3.05, 3.63) is 22.0 Å². The first-order valence-electron chi connectivity index (χ1n) is 2.96. The van der Waals surface area contributed by atoms with Crippen LogP contribution in [0.2, 0.25) is 0 Å². The summed E-state index contributed by atoms with van der Waals surface area (Å²) in [5.41, 5.74) is -0.0961. The Hall–Kier alpha value is -1.59. The van der Waals surface area contributed by atoms with Crippen LogP contribution in [0.25, 0.3) is 0 Å². The number of hydrogen-bond acceptors (Lipinski definition) is 5. The standard InChI is InChI=1S/C5H6N2O4/c8-5-4(3-7(9)10)6-1-2-11-5/h3,6H,1-2H2/b4-3-.